The Kier molecular flexibility index (Phi) is 2.89. The molecular formula is C10H6F3NO3S. The van der Waals surface area contributed by atoms with Crippen molar-refractivity contribution in [3.05, 3.63) is 22.0 Å². The molecule has 18 heavy (non-hydrogen) atoms. The lowest BCUT2D eigenvalue weighted by Gasteiger charge is -2.07. The summed E-state index contributed by atoms with van der Waals surface area (Å²) in [5, 5.41) is 10.9. The molecule has 0 saturated heterocycles. The number of methoxy groups -OCH3 is 1. The molecule has 1 N–H and O–H groups in total. The molecule has 0 amide bonds. The summed E-state index contributed by atoms with van der Waals surface area (Å²) in [4.78, 5) is 14.6. The van der Waals surface area contributed by atoms with Crippen LogP contribution >= 0.6 is 11.3 Å². The first kappa shape index (κ1) is 12.6. The van der Waals surface area contributed by atoms with Gasteiger partial charge < -0.3 is 9.84 Å². The van der Waals surface area contributed by atoms with E-state index in [4.69, 9.17) is 0 Å². The Morgan fingerprint density at radius 2 is 2.17 bits per heavy atom. The Labute approximate surface area is 103 Å². The maximum absolute atomic E-state index is 12.5. The molecule has 0 atom stereocenters. The zero-order valence-electron chi connectivity index (χ0n) is 8.91. The summed E-state index contributed by atoms with van der Waals surface area (Å²) in [5.41, 5.74) is -1.46. The number of hydrogen-bond acceptors (Lipinski definition) is 5. The average molecular weight is 277 g/mol. The molecule has 0 radical (unpaired) electrons. The summed E-state index contributed by atoms with van der Waals surface area (Å²) in [7, 11) is 1.11. The van der Waals surface area contributed by atoms with Crippen LogP contribution in [0.5, 0.6) is 5.75 Å². The van der Waals surface area contributed by atoms with Crippen LogP contribution in [0.2, 0.25) is 0 Å². The van der Waals surface area contributed by atoms with Gasteiger partial charge in [0.1, 0.15) is 21.8 Å². The molecule has 8 heteroatoms. The number of ether oxygens (including phenoxy) is 1. The quantitative estimate of drug-likeness (QED) is 0.814. The highest BCUT2D eigenvalue weighted by Gasteiger charge is 2.34. The number of aromatic nitrogens is 1. The first-order valence-electron chi connectivity index (χ1n) is 4.61. The number of rotatable bonds is 1. The van der Waals surface area contributed by atoms with Crippen molar-refractivity contribution in [1.82, 2.24) is 4.98 Å². The zero-order valence-corrected chi connectivity index (χ0v) is 9.72. The Morgan fingerprint density at radius 1 is 1.50 bits per heavy atom. The van der Waals surface area contributed by atoms with Gasteiger partial charge in [-0.2, -0.15) is 13.2 Å². The number of halogens is 3. The van der Waals surface area contributed by atoms with Crippen LogP contribution in [0.1, 0.15) is 15.4 Å². The van der Waals surface area contributed by atoms with Crippen LogP contribution in [-0.4, -0.2) is 23.2 Å². The second-order valence-corrected chi connectivity index (χ2v) is 4.22. The van der Waals surface area contributed by atoms with E-state index in [1.165, 1.54) is 5.38 Å². The van der Waals surface area contributed by atoms with Crippen LogP contribution in [0.25, 0.3) is 10.9 Å². The number of aromatic hydroxyl groups is 1. The van der Waals surface area contributed by atoms with E-state index in [-0.39, 0.29) is 15.8 Å². The van der Waals surface area contributed by atoms with Crippen LogP contribution in [0, 0.1) is 0 Å². The van der Waals surface area contributed by atoms with E-state index in [1.54, 1.807) is 0 Å². The molecule has 0 saturated carbocycles. The van der Waals surface area contributed by atoms with Gasteiger partial charge in [-0.3, -0.25) is 0 Å². The fraction of sp³-hybridized carbons (Fsp3) is 0.200. The molecule has 0 fully saturated rings. The van der Waals surface area contributed by atoms with Crippen LogP contribution in [0.15, 0.2) is 11.4 Å². The van der Waals surface area contributed by atoms with Gasteiger partial charge in [-0.05, 0) is 0 Å². The van der Waals surface area contributed by atoms with Crippen molar-refractivity contribution >= 4 is 28.2 Å². The monoisotopic (exact) mass is 277 g/mol. The number of hydrogen-bond donors (Lipinski definition) is 1. The molecule has 0 bridgehead atoms. The molecular weight excluding hydrogens is 271 g/mol. The first-order chi connectivity index (χ1) is 8.34. The van der Waals surface area contributed by atoms with Gasteiger partial charge in [-0.15, -0.1) is 11.3 Å². The topological polar surface area (TPSA) is 59.4 Å². The smallest absolute Gasteiger partial charge is 0.433 e. The maximum Gasteiger partial charge on any atom is 0.433 e. The largest absolute Gasteiger partial charge is 0.507 e. The van der Waals surface area contributed by atoms with Crippen molar-refractivity contribution in [2.45, 2.75) is 6.18 Å². The van der Waals surface area contributed by atoms with Crippen LogP contribution in [-0.2, 0) is 10.9 Å². The standard InChI is InChI=1S/C10H6F3NO3S/c1-17-9(16)8-7-4(3-18-8)5(15)2-6(14-7)10(11,12)13/h2-3,15H,1H3. The van der Waals surface area contributed by atoms with Gasteiger partial charge in [0.25, 0.3) is 0 Å². The highest BCUT2D eigenvalue weighted by atomic mass is 32.1. The molecule has 0 spiro atoms. The third kappa shape index (κ3) is 1.99. The number of alkyl halides is 3. The normalized spacial score (nSPS) is 11.8. The van der Waals surface area contributed by atoms with Crippen molar-refractivity contribution in [1.29, 1.82) is 0 Å². The van der Waals surface area contributed by atoms with Crippen LogP contribution in [0.4, 0.5) is 13.2 Å². The molecule has 0 aromatic carbocycles. The van der Waals surface area contributed by atoms with E-state index in [9.17, 15) is 23.1 Å². The van der Waals surface area contributed by atoms with Gasteiger partial charge in [0.2, 0.25) is 0 Å². The number of nitrogens with zero attached hydrogens (tertiary/aromatic N) is 1. The lowest BCUT2D eigenvalue weighted by atomic mass is 10.2. The van der Waals surface area contributed by atoms with Gasteiger partial charge in [-0.1, -0.05) is 0 Å². The molecule has 4 nitrogen and oxygen atoms in total. The Bertz CT molecular complexity index is 621. The number of esters is 1. The molecule has 96 valence electrons. The predicted octanol–water partition coefficient (Wildman–Crippen LogP) is 2.81. The number of thiophene rings is 1. The molecule has 2 rings (SSSR count). The number of fused-ring (bicyclic) bond motifs is 1. The lowest BCUT2D eigenvalue weighted by Crippen LogP contribution is -2.08. The average Bonchev–Trinajstić information content (AvgIpc) is 2.71. The maximum atomic E-state index is 12.5. The minimum Gasteiger partial charge on any atom is -0.507 e. The van der Waals surface area contributed by atoms with Crippen molar-refractivity contribution in [2.24, 2.45) is 0 Å². The van der Waals surface area contributed by atoms with E-state index < -0.39 is 23.6 Å². The van der Waals surface area contributed by atoms with E-state index in [2.05, 4.69) is 9.72 Å². The Morgan fingerprint density at radius 3 is 2.72 bits per heavy atom. The fourth-order valence-corrected chi connectivity index (χ4v) is 2.30. The van der Waals surface area contributed by atoms with E-state index in [0.717, 1.165) is 18.4 Å². The van der Waals surface area contributed by atoms with Gasteiger partial charge in [0.15, 0.2) is 0 Å². The number of carbonyl (C=O) groups excluding carboxylic acids is 1. The van der Waals surface area contributed by atoms with Crippen LogP contribution in [0.3, 0.4) is 0 Å². The molecule has 2 aromatic rings. The molecule has 0 aliphatic rings. The minimum atomic E-state index is -4.69. The summed E-state index contributed by atoms with van der Waals surface area (Å²) in [6, 6.07) is 0.524. The fourth-order valence-electron chi connectivity index (χ4n) is 1.39. The van der Waals surface area contributed by atoms with E-state index in [0.29, 0.717) is 6.07 Å². The summed E-state index contributed by atoms with van der Waals surface area (Å²) >= 11 is 0.865. The van der Waals surface area contributed by atoms with E-state index >= 15 is 0 Å². The van der Waals surface area contributed by atoms with Crippen molar-refractivity contribution in [3.8, 4) is 5.75 Å². The molecule has 2 heterocycles. The highest BCUT2D eigenvalue weighted by molar-refractivity contribution is 7.13. The van der Waals surface area contributed by atoms with Crippen LogP contribution < -0.4 is 0 Å². The predicted molar refractivity (Wildman–Crippen MR) is 57.6 cm³/mol. The van der Waals surface area contributed by atoms with E-state index in [1.807, 2.05) is 0 Å². The van der Waals surface area contributed by atoms with Crippen molar-refractivity contribution < 1.29 is 27.8 Å². The zero-order chi connectivity index (χ0) is 13.5. The van der Waals surface area contributed by atoms with Crippen molar-refractivity contribution in [2.75, 3.05) is 7.11 Å². The minimum absolute atomic E-state index is 0.0751. The molecule has 0 aliphatic heterocycles. The summed E-state index contributed by atoms with van der Waals surface area (Å²) in [5.74, 6) is -1.36. The number of carbonyl (C=O) groups is 1. The second kappa shape index (κ2) is 4.13. The summed E-state index contributed by atoms with van der Waals surface area (Å²) in [6.07, 6.45) is -4.69. The SMILES string of the molecule is COC(=O)c1scc2c(O)cc(C(F)(F)F)nc12. The van der Waals surface area contributed by atoms with Gasteiger partial charge in [0.05, 0.1) is 12.5 Å². The lowest BCUT2D eigenvalue weighted by molar-refractivity contribution is -0.141. The molecule has 2 aromatic heterocycles. The Balaban J connectivity index is 2.72. The highest BCUT2D eigenvalue weighted by Crippen LogP contribution is 2.36. The third-order valence-corrected chi connectivity index (χ3v) is 3.16. The molecule has 0 unspecified atom stereocenters. The number of pyridine rings is 1. The first-order valence-corrected chi connectivity index (χ1v) is 5.49. The third-order valence-electron chi connectivity index (χ3n) is 2.21. The van der Waals surface area contributed by atoms with Gasteiger partial charge in [0, 0.05) is 11.4 Å². The molecule has 0 aliphatic carbocycles. The van der Waals surface area contributed by atoms with Crippen molar-refractivity contribution in [3.63, 3.8) is 0 Å². The van der Waals surface area contributed by atoms with Gasteiger partial charge in [-0.25, -0.2) is 9.78 Å². The Hall–Kier alpha value is -1.83. The second-order valence-electron chi connectivity index (χ2n) is 3.34. The summed E-state index contributed by atoms with van der Waals surface area (Å²) < 4.78 is 42.0. The summed E-state index contributed by atoms with van der Waals surface area (Å²) in [6.45, 7) is 0. The van der Waals surface area contributed by atoms with Gasteiger partial charge >= 0.3 is 12.1 Å².